The maximum Gasteiger partial charge on any atom is 0.238 e. The van der Waals surface area contributed by atoms with Crippen LogP contribution in [0.1, 0.15) is 12.8 Å². The van der Waals surface area contributed by atoms with Crippen LogP contribution >= 0.6 is 11.6 Å². The minimum absolute atomic E-state index is 0.181. The molecule has 0 heterocycles. The number of allylic oxidation sites excluding steroid dienone is 1. The third-order valence-electron chi connectivity index (χ3n) is 3.59. The van der Waals surface area contributed by atoms with Crippen LogP contribution < -0.4 is 10.1 Å². The molecule has 6 heteroatoms. The number of amides is 1. The van der Waals surface area contributed by atoms with E-state index in [9.17, 15) is 9.59 Å². The summed E-state index contributed by atoms with van der Waals surface area (Å²) in [5.74, 6) is 0.00556. The van der Waals surface area contributed by atoms with Crippen molar-refractivity contribution in [2.24, 2.45) is 5.41 Å². The van der Waals surface area contributed by atoms with Crippen LogP contribution in [0.5, 0.6) is 5.75 Å². The highest BCUT2D eigenvalue weighted by atomic mass is 35.5. The fourth-order valence-electron chi connectivity index (χ4n) is 2.11. The van der Waals surface area contributed by atoms with Crippen LogP contribution in [0.4, 0.5) is 5.69 Å². The van der Waals surface area contributed by atoms with Crippen LogP contribution in [0.25, 0.3) is 0 Å². The number of nitrogens with one attached hydrogen (secondary N) is 1. The van der Waals surface area contributed by atoms with Gasteiger partial charge >= 0.3 is 0 Å². The maximum absolute atomic E-state index is 12.5. The van der Waals surface area contributed by atoms with Crippen molar-refractivity contribution in [3.8, 4) is 5.75 Å². The Balaban J connectivity index is 2.15. The quantitative estimate of drug-likeness (QED) is 0.646. The van der Waals surface area contributed by atoms with E-state index in [1.165, 1.54) is 13.2 Å². The molecule has 1 aliphatic carbocycles. The lowest BCUT2D eigenvalue weighted by Crippen LogP contribution is -2.30. The van der Waals surface area contributed by atoms with E-state index in [1.807, 2.05) is 14.1 Å². The predicted octanol–water partition coefficient (Wildman–Crippen LogP) is 2.71. The van der Waals surface area contributed by atoms with Gasteiger partial charge in [-0.15, -0.1) is 0 Å². The molecule has 0 atom stereocenters. The van der Waals surface area contributed by atoms with Gasteiger partial charge in [-0.05, 0) is 37.1 Å². The zero-order valence-electron chi connectivity index (χ0n) is 12.9. The normalized spacial score (nSPS) is 15.5. The van der Waals surface area contributed by atoms with E-state index in [0.29, 0.717) is 29.3 Å². The zero-order valence-corrected chi connectivity index (χ0v) is 13.6. The minimum atomic E-state index is -0.958. The fraction of sp³-hybridized carbons (Fsp3) is 0.375. The number of nitrogens with zero attached hydrogens (tertiary/aromatic N) is 1. The molecule has 1 fully saturated rings. The molecule has 0 unspecified atom stereocenters. The first-order valence-corrected chi connectivity index (χ1v) is 7.31. The maximum atomic E-state index is 12.5. The van der Waals surface area contributed by atoms with E-state index in [0.717, 1.165) is 0 Å². The third kappa shape index (κ3) is 3.42. The number of carbonyl (C=O) groups is 2. The highest BCUT2D eigenvalue weighted by molar-refractivity contribution is 6.31. The van der Waals surface area contributed by atoms with Crippen LogP contribution in [-0.2, 0) is 9.59 Å². The Labute approximate surface area is 134 Å². The van der Waals surface area contributed by atoms with Crippen LogP contribution in [0.2, 0.25) is 5.02 Å². The molecule has 1 amide bonds. The molecule has 1 aromatic carbocycles. The van der Waals surface area contributed by atoms with Crippen molar-refractivity contribution in [3.63, 3.8) is 0 Å². The van der Waals surface area contributed by atoms with E-state index >= 15 is 0 Å². The molecule has 1 saturated carbocycles. The molecule has 118 valence electrons. The van der Waals surface area contributed by atoms with Crippen molar-refractivity contribution in [2.75, 3.05) is 26.5 Å². The van der Waals surface area contributed by atoms with Gasteiger partial charge in [0.15, 0.2) is 5.78 Å². The van der Waals surface area contributed by atoms with Crippen molar-refractivity contribution in [1.29, 1.82) is 0 Å². The second-order valence-corrected chi connectivity index (χ2v) is 5.96. The van der Waals surface area contributed by atoms with Gasteiger partial charge in [0.05, 0.1) is 12.8 Å². The monoisotopic (exact) mass is 322 g/mol. The number of rotatable bonds is 6. The zero-order chi connectivity index (χ0) is 16.3. The average molecular weight is 323 g/mol. The number of halogens is 1. The van der Waals surface area contributed by atoms with E-state index in [-0.39, 0.29) is 11.7 Å². The van der Waals surface area contributed by atoms with Gasteiger partial charge in [0.1, 0.15) is 11.2 Å². The molecule has 0 saturated heterocycles. The summed E-state index contributed by atoms with van der Waals surface area (Å²) in [4.78, 5) is 26.5. The summed E-state index contributed by atoms with van der Waals surface area (Å²) in [5.41, 5.74) is -0.490. The number of methoxy groups -OCH3 is 1. The van der Waals surface area contributed by atoms with Gasteiger partial charge in [0, 0.05) is 25.3 Å². The summed E-state index contributed by atoms with van der Waals surface area (Å²) < 4.78 is 5.19. The molecular formula is C16H19ClN2O3. The van der Waals surface area contributed by atoms with E-state index in [2.05, 4.69) is 5.32 Å². The Bertz CT molecular complexity index is 622. The smallest absolute Gasteiger partial charge is 0.238 e. The molecule has 0 spiro atoms. The van der Waals surface area contributed by atoms with Crippen LogP contribution in [-0.4, -0.2) is 37.8 Å². The second-order valence-electron chi connectivity index (χ2n) is 5.52. The number of hydrogen-bond donors (Lipinski definition) is 1. The van der Waals surface area contributed by atoms with Crippen LogP contribution in [0.3, 0.4) is 0 Å². The van der Waals surface area contributed by atoms with Crippen molar-refractivity contribution >= 4 is 29.0 Å². The summed E-state index contributed by atoms with van der Waals surface area (Å²) in [5, 5.41) is 3.24. The van der Waals surface area contributed by atoms with Crippen molar-refractivity contribution in [3.05, 3.63) is 35.5 Å². The molecule has 2 rings (SSSR count). The van der Waals surface area contributed by atoms with E-state index in [1.54, 1.807) is 29.3 Å². The average Bonchev–Trinajstić information content (AvgIpc) is 3.26. The van der Waals surface area contributed by atoms with Crippen molar-refractivity contribution in [1.82, 2.24) is 4.90 Å². The fourth-order valence-corrected chi connectivity index (χ4v) is 2.28. The second kappa shape index (κ2) is 6.40. The van der Waals surface area contributed by atoms with Crippen LogP contribution in [0.15, 0.2) is 30.5 Å². The Morgan fingerprint density at radius 1 is 1.36 bits per heavy atom. The Morgan fingerprint density at radius 3 is 2.59 bits per heavy atom. The molecular weight excluding hydrogens is 304 g/mol. The SMILES string of the molecule is COc1ccc(Cl)cc1NC(=O)C1(C(=O)/C=C/N(C)C)CC1. The lowest BCUT2D eigenvalue weighted by molar-refractivity contribution is -0.130. The minimum Gasteiger partial charge on any atom is -0.495 e. The number of hydrogen-bond acceptors (Lipinski definition) is 4. The number of benzene rings is 1. The highest BCUT2D eigenvalue weighted by Crippen LogP contribution is 2.48. The first-order chi connectivity index (χ1) is 10.4. The van der Waals surface area contributed by atoms with E-state index in [4.69, 9.17) is 16.3 Å². The molecule has 1 N–H and O–H groups in total. The summed E-state index contributed by atoms with van der Waals surface area (Å²) in [6.45, 7) is 0. The molecule has 22 heavy (non-hydrogen) atoms. The number of anilines is 1. The van der Waals surface area contributed by atoms with Gasteiger partial charge in [0.2, 0.25) is 5.91 Å². The molecule has 0 aromatic heterocycles. The molecule has 1 aromatic rings. The lowest BCUT2D eigenvalue weighted by Gasteiger charge is -2.15. The Kier molecular flexibility index (Phi) is 4.76. The topological polar surface area (TPSA) is 58.6 Å². The molecule has 0 aliphatic heterocycles. The largest absolute Gasteiger partial charge is 0.495 e. The first-order valence-electron chi connectivity index (χ1n) is 6.93. The van der Waals surface area contributed by atoms with Gasteiger partial charge in [-0.3, -0.25) is 9.59 Å². The van der Waals surface area contributed by atoms with Crippen molar-refractivity contribution < 1.29 is 14.3 Å². The number of ether oxygens (including phenoxy) is 1. The van der Waals surface area contributed by atoms with Crippen LogP contribution in [0, 0.1) is 5.41 Å². The predicted molar refractivity (Wildman–Crippen MR) is 86.1 cm³/mol. The Hall–Kier alpha value is -2.01. The van der Waals surface area contributed by atoms with Gasteiger partial charge < -0.3 is 15.0 Å². The standard InChI is InChI=1S/C16H19ClN2O3/c1-19(2)9-6-14(20)16(7-8-16)15(21)18-12-10-11(17)4-5-13(12)22-3/h4-6,9-10H,7-8H2,1-3H3,(H,18,21)/b9-6+. The summed E-state index contributed by atoms with van der Waals surface area (Å²) >= 11 is 5.94. The van der Waals surface area contributed by atoms with Gasteiger partial charge in [0.25, 0.3) is 0 Å². The summed E-state index contributed by atoms with van der Waals surface area (Å²) in [6, 6.07) is 4.95. The highest BCUT2D eigenvalue weighted by Gasteiger charge is 2.55. The van der Waals surface area contributed by atoms with Crippen molar-refractivity contribution in [2.45, 2.75) is 12.8 Å². The number of ketones is 1. The van der Waals surface area contributed by atoms with Gasteiger partial charge in [-0.25, -0.2) is 0 Å². The number of carbonyl (C=O) groups excluding carboxylic acids is 2. The first kappa shape index (κ1) is 16.4. The lowest BCUT2D eigenvalue weighted by atomic mass is 9.99. The van der Waals surface area contributed by atoms with Gasteiger partial charge in [-0.1, -0.05) is 11.6 Å². The van der Waals surface area contributed by atoms with E-state index < -0.39 is 5.41 Å². The summed E-state index contributed by atoms with van der Waals surface area (Å²) in [7, 11) is 5.15. The molecule has 1 aliphatic rings. The molecule has 5 nitrogen and oxygen atoms in total. The van der Waals surface area contributed by atoms with Gasteiger partial charge in [-0.2, -0.15) is 0 Å². The third-order valence-corrected chi connectivity index (χ3v) is 3.83. The Morgan fingerprint density at radius 2 is 2.05 bits per heavy atom. The molecule has 0 radical (unpaired) electrons. The molecule has 0 bridgehead atoms. The summed E-state index contributed by atoms with van der Waals surface area (Å²) in [6.07, 6.45) is 4.20.